The van der Waals surface area contributed by atoms with Crippen molar-refractivity contribution in [3.63, 3.8) is 0 Å². The third kappa shape index (κ3) is 1.87. The third-order valence-electron chi connectivity index (χ3n) is 2.44. The van der Waals surface area contributed by atoms with Crippen LogP contribution in [-0.2, 0) is 0 Å². The van der Waals surface area contributed by atoms with E-state index in [-0.39, 0.29) is 0 Å². The molecule has 0 spiro atoms. The van der Waals surface area contributed by atoms with Gasteiger partial charge in [-0.1, -0.05) is 20.4 Å². The highest BCUT2D eigenvalue weighted by Gasteiger charge is 2.20. The highest BCUT2D eigenvalue weighted by molar-refractivity contribution is 5.70. The molecule has 86 valence electrons. The number of fused-ring (bicyclic) bond motifs is 1. The molecule has 1 aromatic heterocycles. The van der Waals surface area contributed by atoms with Crippen LogP contribution < -0.4 is 10.1 Å². The van der Waals surface area contributed by atoms with Gasteiger partial charge in [0.1, 0.15) is 18.1 Å². The van der Waals surface area contributed by atoms with Gasteiger partial charge in [0.15, 0.2) is 11.6 Å². The third-order valence-corrected chi connectivity index (χ3v) is 2.44. The highest BCUT2D eigenvalue weighted by atomic mass is 16.5. The normalized spacial score (nSPS) is 14.0. The maximum Gasteiger partial charge on any atom is 0.187 e. The molecule has 16 heavy (non-hydrogen) atoms. The Labute approximate surface area is 95.8 Å². The van der Waals surface area contributed by atoms with Crippen molar-refractivity contribution in [3.05, 3.63) is 18.1 Å². The van der Waals surface area contributed by atoms with Crippen molar-refractivity contribution in [1.29, 1.82) is 0 Å². The lowest BCUT2D eigenvalue weighted by molar-refractivity contribution is 0.318. The van der Waals surface area contributed by atoms with Gasteiger partial charge in [-0.05, 0) is 12.5 Å². The van der Waals surface area contributed by atoms with Gasteiger partial charge in [-0.15, -0.1) is 0 Å². The number of aromatic nitrogens is 2. The van der Waals surface area contributed by atoms with Crippen molar-refractivity contribution < 1.29 is 4.74 Å². The molecule has 0 unspecified atom stereocenters. The van der Waals surface area contributed by atoms with Crippen LogP contribution in [0.25, 0.3) is 5.57 Å². The van der Waals surface area contributed by atoms with Crippen LogP contribution >= 0.6 is 0 Å². The summed E-state index contributed by atoms with van der Waals surface area (Å²) < 4.78 is 5.60. The maximum atomic E-state index is 5.60. The van der Waals surface area contributed by atoms with Crippen LogP contribution in [0.5, 0.6) is 5.75 Å². The molecule has 0 radical (unpaired) electrons. The summed E-state index contributed by atoms with van der Waals surface area (Å²) in [6.07, 6.45) is 0. The molecule has 0 aliphatic carbocycles. The smallest absolute Gasteiger partial charge is 0.187 e. The lowest BCUT2D eigenvalue weighted by atomic mass is 10.1. The standard InChI is InChI=1S/C12H17N3O/c1-7(2)9-10-12(13-5-6-16-10)15-11(14-9)8(3)4/h8H,1,5-6H2,2-4H3,(H,13,14,15). The molecule has 0 amide bonds. The zero-order chi connectivity index (χ0) is 11.7. The Morgan fingerprint density at radius 2 is 2.19 bits per heavy atom. The number of ether oxygens (including phenoxy) is 1. The average Bonchev–Trinajstić information content (AvgIpc) is 2.27. The summed E-state index contributed by atoms with van der Waals surface area (Å²) in [4.78, 5) is 8.98. The summed E-state index contributed by atoms with van der Waals surface area (Å²) in [6.45, 7) is 11.5. The Morgan fingerprint density at radius 1 is 1.44 bits per heavy atom. The lowest BCUT2D eigenvalue weighted by Crippen LogP contribution is -2.21. The first-order valence-corrected chi connectivity index (χ1v) is 5.54. The molecular weight excluding hydrogens is 202 g/mol. The first kappa shape index (κ1) is 10.9. The second-order valence-electron chi connectivity index (χ2n) is 4.32. The van der Waals surface area contributed by atoms with Gasteiger partial charge in [0.2, 0.25) is 0 Å². The molecule has 4 heteroatoms. The number of hydrogen-bond donors (Lipinski definition) is 1. The largest absolute Gasteiger partial charge is 0.486 e. The van der Waals surface area contributed by atoms with Crippen LogP contribution in [0.15, 0.2) is 6.58 Å². The highest BCUT2D eigenvalue weighted by Crippen LogP contribution is 2.33. The van der Waals surface area contributed by atoms with Crippen LogP contribution in [0.3, 0.4) is 0 Å². The fourth-order valence-corrected chi connectivity index (χ4v) is 1.59. The predicted octanol–water partition coefficient (Wildman–Crippen LogP) is 2.44. The average molecular weight is 219 g/mol. The molecule has 2 heterocycles. The summed E-state index contributed by atoms with van der Waals surface area (Å²) in [7, 11) is 0. The fraction of sp³-hybridized carbons (Fsp3) is 0.500. The van der Waals surface area contributed by atoms with E-state index in [1.165, 1.54) is 0 Å². The second kappa shape index (κ2) is 4.12. The van der Waals surface area contributed by atoms with E-state index in [0.717, 1.165) is 35.2 Å². The molecule has 4 nitrogen and oxygen atoms in total. The number of nitrogens with one attached hydrogen (secondary N) is 1. The number of hydrogen-bond acceptors (Lipinski definition) is 4. The molecule has 1 aliphatic rings. The summed E-state index contributed by atoms with van der Waals surface area (Å²) in [5.41, 5.74) is 1.73. The van der Waals surface area contributed by atoms with Crippen LogP contribution in [0.4, 0.5) is 5.82 Å². The van der Waals surface area contributed by atoms with Gasteiger partial charge in [-0.2, -0.15) is 0 Å². The molecule has 0 saturated carbocycles. The number of nitrogens with zero attached hydrogens (tertiary/aromatic N) is 2. The van der Waals surface area contributed by atoms with Crippen molar-refractivity contribution in [2.24, 2.45) is 0 Å². The summed E-state index contributed by atoms with van der Waals surface area (Å²) in [5.74, 6) is 2.66. The van der Waals surface area contributed by atoms with Crippen LogP contribution in [-0.4, -0.2) is 23.1 Å². The summed E-state index contributed by atoms with van der Waals surface area (Å²) >= 11 is 0. The lowest BCUT2D eigenvalue weighted by Gasteiger charge is -2.21. The number of allylic oxidation sites excluding steroid dienone is 1. The zero-order valence-electron chi connectivity index (χ0n) is 10.0. The van der Waals surface area contributed by atoms with Crippen molar-refractivity contribution >= 4 is 11.4 Å². The molecule has 0 atom stereocenters. The van der Waals surface area contributed by atoms with Gasteiger partial charge in [-0.25, -0.2) is 9.97 Å². The van der Waals surface area contributed by atoms with Crippen molar-refractivity contribution in [2.45, 2.75) is 26.7 Å². The van der Waals surface area contributed by atoms with E-state index in [0.29, 0.717) is 12.5 Å². The van der Waals surface area contributed by atoms with Gasteiger partial charge < -0.3 is 10.1 Å². The molecule has 1 aliphatic heterocycles. The van der Waals surface area contributed by atoms with Gasteiger partial charge in [0, 0.05) is 5.92 Å². The zero-order valence-corrected chi connectivity index (χ0v) is 10.0. The molecule has 0 saturated heterocycles. The maximum absolute atomic E-state index is 5.60. The van der Waals surface area contributed by atoms with E-state index >= 15 is 0 Å². The van der Waals surface area contributed by atoms with Gasteiger partial charge in [0.05, 0.1) is 6.54 Å². The Bertz CT molecular complexity index is 427. The molecular formula is C12H17N3O. The van der Waals surface area contributed by atoms with Crippen LogP contribution in [0.1, 0.15) is 38.2 Å². The van der Waals surface area contributed by atoms with E-state index in [4.69, 9.17) is 4.74 Å². The van der Waals surface area contributed by atoms with Gasteiger partial charge in [0.25, 0.3) is 0 Å². The first-order chi connectivity index (χ1) is 7.59. The van der Waals surface area contributed by atoms with Gasteiger partial charge in [-0.3, -0.25) is 0 Å². The minimum Gasteiger partial charge on any atom is -0.486 e. The Balaban J connectivity index is 2.56. The van der Waals surface area contributed by atoms with Crippen LogP contribution in [0.2, 0.25) is 0 Å². The molecule has 1 N–H and O–H groups in total. The second-order valence-corrected chi connectivity index (χ2v) is 4.32. The van der Waals surface area contributed by atoms with E-state index < -0.39 is 0 Å². The van der Waals surface area contributed by atoms with E-state index in [2.05, 4.69) is 35.7 Å². The van der Waals surface area contributed by atoms with E-state index in [1.54, 1.807) is 0 Å². The monoisotopic (exact) mass is 219 g/mol. The topological polar surface area (TPSA) is 47.0 Å². The summed E-state index contributed by atoms with van der Waals surface area (Å²) in [5, 5.41) is 3.24. The van der Waals surface area contributed by atoms with Crippen molar-refractivity contribution in [2.75, 3.05) is 18.5 Å². The van der Waals surface area contributed by atoms with Gasteiger partial charge >= 0.3 is 0 Å². The van der Waals surface area contributed by atoms with E-state index in [1.807, 2.05) is 6.92 Å². The minimum absolute atomic E-state index is 0.298. The van der Waals surface area contributed by atoms with E-state index in [9.17, 15) is 0 Å². The summed E-state index contributed by atoms with van der Waals surface area (Å²) in [6, 6.07) is 0. The Kier molecular flexibility index (Phi) is 2.81. The molecule has 1 aromatic rings. The van der Waals surface area contributed by atoms with Crippen molar-refractivity contribution in [1.82, 2.24) is 9.97 Å². The molecule has 0 bridgehead atoms. The Hall–Kier alpha value is -1.58. The quantitative estimate of drug-likeness (QED) is 0.830. The minimum atomic E-state index is 0.298. The van der Waals surface area contributed by atoms with Crippen LogP contribution in [0, 0.1) is 0 Å². The van der Waals surface area contributed by atoms with Crippen molar-refractivity contribution in [3.8, 4) is 5.75 Å². The number of anilines is 1. The number of rotatable bonds is 2. The molecule has 2 rings (SSSR count). The Morgan fingerprint density at radius 3 is 2.81 bits per heavy atom. The molecule has 0 fully saturated rings. The predicted molar refractivity (Wildman–Crippen MR) is 64.8 cm³/mol. The fourth-order valence-electron chi connectivity index (χ4n) is 1.59. The SMILES string of the molecule is C=C(C)c1nc(C(C)C)nc2c1OCCN2. The first-order valence-electron chi connectivity index (χ1n) is 5.54. The molecule has 0 aromatic carbocycles.